The van der Waals surface area contributed by atoms with Crippen molar-refractivity contribution in [2.45, 2.75) is 12.8 Å². The predicted octanol–water partition coefficient (Wildman–Crippen LogP) is -0.484. The van der Waals surface area contributed by atoms with Crippen molar-refractivity contribution in [3.63, 3.8) is 0 Å². The number of quaternary nitrogens is 1. The molecule has 1 fully saturated rings. The molecule has 5 heteroatoms. The molecular formula is C16H21NO4. The highest BCUT2D eigenvalue weighted by Crippen LogP contribution is 2.31. The second-order valence-corrected chi connectivity index (χ2v) is 5.09. The van der Waals surface area contributed by atoms with Crippen LogP contribution in [0, 0.1) is 0 Å². The van der Waals surface area contributed by atoms with Gasteiger partial charge >= 0.3 is 0 Å². The molecule has 1 aromatic rings. The van der Waals surface area contributed by atoms with Gasteiger partial charge in [-0.2, -0.15) is 0 Å². The summed E-state index contributed by atoms with van der Waals surface area (Å²) in [7, 11) is 1.57. The number of benzene rings is 1. The summed E-state index contributed by atoms with van der Waals surface area (Å²) in [4.78, 5) is 12.1. The molecule has 1 saturated heterocycles. The average molecular weight is 291 g/mol. The Balaban J connectivity index is 2.05. The summed E-state index contributed by atoms with van der Waals surface area (Å²) in [6.07, 6.45) is 5.02. The summed E-state index contributed by atoms with van der Waals surface area (Å²) >= 11 is 0. The molecule has 0 radical (unpaired) electrons. The molecule has 21 heavy (non-hydrogen) atoms. The molecular weight excluding hydrogens is 270 g/mol. The summed E-state index contributed by atoms with van der Waals surface area (Å²) in [5.41, 5.74) is 0.676. The molecule has 1 heterocycles. The zero-order chi connectivity index (χ0) is 15.1. The number of carbonyl (C=O) groups excluding carboxylic acids is 1. The SMILES string of the molecule is COc1cccc(/C=C/C(=O)[O-])c1OCC[NH+]1CCCC1. The fraction of sp³-hybridized carbons (Fsp3) is 0.438. The molecule has 0 aliphatic carbocycles. The minimum atomic E-state index is -1.23. The number of carboxylic acids is 1. The molecule has 1 aliphatic rings. The van der Waals surface area contributed by atoms with Crippen LogP contribution in [0.5, 0.6) is 11.5 Å². The third-order valence-electron chi connectivity index (χ3n) is 3.64. The minimum absolute atomic E-state index is 0.580. The van der Waals surface area contributed by atoms with Crippen LogP contribution in [0.3, 0.4) is 0 Å². The van der Waals surface area contributed by atoms with Crippen molar-refractivity contribution in [1.82, 2.24) is 0 Å². The first kappa shape index (κ1) is 15.4. The number of hydrogen-bond donors (Lipinski definition) is 1. The molecule has 0 spiro atoms. The fourth-order valence-electron chi connectivity index (χ4n) is 2.56. The third kappa shape index (κ3) is 4.49. The molecule has 0 unspecified atom stereocenters. The Morgan fingerprint density at radius 1 is 1.38 bits per heavy atom. The molecule has 1 aliphatic heterocycles. The van der Waals surface area contributed by atoms with Crippen LogP contribution in [-0.4, -0.2) is 39.3 Å². The van der Waals surface area contributed by atoms with Crippen LogP contribution in [-0.2, 0) is 4.79 Å². The lowest BCUT2D eigenvalue weighted by molar-refractivity contribution is -0.887. The van der Waals surface area contributed by atoms with E-state index in [4.69, 9.17) is 9.47 Å². The summed E-state index contributed by atoms with van der Waals surface area (Å²) < 4.78 is 11.1. The largest absolute Gasteiger partial charge is 0.545 e. The van der Waals surface area contributed by atoms with Gasteiger partial charge in [-0.25, -0.2) is 0 Å². The Labute approximate surface area is 124 Å². The van der Waals surface area contributed by atoms with E-state index in [0.29, 0.717) is 23.7 Å². The van der Waals surface area contributed by atoms with Gasteiger partial charge in [0.1, 0.15) is 13.2 Å². The number of rotatable bonds is 7. The molecule has 5 nitrogen and oxygen atoms in total. The van der Waals surface area contributed by atoms with Crippen LogP contribution in [0.2, 0.25) is 0 Å². The maximum Gasteiger partial charge on any atom is 0.168 e. The van der Waals surface area contributed by atoms with Crippen LogP contribution >= 0.6 is 0 Å². The molecule has 0 amide bonds. The maximum absolute atomic E-state index is 10.6. The summed E-state index contributed by atoms with van der Waals surface area (Å²) in [5.74, 6) is -0.0479. The lowest BCUT2D eigenvalue weighted by atomic mass is 10.1. The van der Waals surface area contributed by atoms with Gasteiger partial charge in [-0.3, -0.25) is 0 Å². The topological polar surface area (TPSA) is 63.0 Å². The maximum atomic E-state index is 10.6. The molecule has 0 bridgehead atoms. The lowest BCUT2D eigenvalue weighted by Crippen LogP contribution is -3.10. The number of likely N-dealkylation sites (tertiary alicyclic amines) is 1. The number of para-hydroxylation sites is 1. The van der Waals surface area contributed by atoms with Crippen molar-refractivity contribution in [2.75, 3.05) is 33.4 Å². The van der Waals surface area contributed by atoms with Crippen molar-refractivity contribution in [3.05, 3.63) is 29.8 Å². The van der Waals surface area contributed by atoms with Crippen molar-refractivity contribution in [2.24, 2.45) is 0 Å². The summed E-state index contributed by atoms with van der Waals surface area (Å²) in [5, 5.41) is 10.6. The van der Waals surface area contributed by atoms with E-state index in [1.807, 2.05) is 0 Å². The third-order valence-corrected chi connectivity index (χ3v) is 3.64. The number of hydrogen-bond acceptors (Lipinski definition) is 4. The van der Waals surface area contributed by atoms with Gasteiger partial charge in [0.2, 0.25) is 0 Å². The van der Waals surface area contributed by atoms with Crippen LogP contribution in [0.1, 0.15) is 18.4 Å². The van der Waals surface area contributed by atoms with E-state index < -0.39 is 5.97 Å². The van der Waals surface area contributed by atoms with Gasteiger partial charge in [0.25, 0.3) is 0 Å². The first-order valence-corrected chi connectivity index (χ1v) is 7.23. The van der Waals surface area contributed by atoms with E-state index in [-0.39, 0.29) is 0 Å². The zero-order valence-electron chi connectivity index (χ0n) is 12.3. The zero-order valence-corrected chi connectivity index (χ0v) is 12.3. The van der Waals surface area contributed by atoms with Gasteiger partial charge in [0.15, 0.2) is 11.5 Å². The van der Waals surface area contributed by atoms with Gasteiger partial charge in [0, 0.05) is 18.4 Å². The molecule has 1 N–H and O–H groups in total. The average Bonchev–Trinajstić information content (AvgIpc) is 2.99. The monoisotopic (exact) mass is 291 g/mol. The van der Waals surface area contributed by atoms with Gasteiger partial charge in [-0.15, -0.1) is 0 Å². The van der Waals surface area contributed by atoms with Gasteiger partial charge in [-0.1, -0.05) is 12.1 Å². The first-order valence-electron chi connectivity index (χ1n) is 7.23. The molecule has 0 atom stereocenters. The second-order valence-electron chi connectivity index (χ2n) is 5.09. The van der Waals surface area contributed by atoms with Crippen LogP contribution in [0.25, 0.3) is 6.08 Å². The number of methoxy groups -OCH3 is 1. The van der Waals surface area contributed by atoms with E-state index in [1.165, 1.54) is 32.0 Å². The van der Waals surface area contributed by atoms with Crippen LogP contribution in [0.4, 0.5) is 0 Å². The fourth-order valence-corrected chi connectivity index (χ4v) is 2.56. The van der Waals surface area contributed by atoms with Crippen molar-refractivity contribution in [3.8, 4) is 11.5 Å². The summed E-state index contributed by atoms with van der Waals surface area (Å²) in [6.45, 7) is 3.93. The smallest absolute Gasteiger partial charge is 0.168 e. The molecule has 0 aromatic heterocycles. The van der Waals surface area contributed by atoms with Crippen LogP contribution in [0.15, 0.2) is 24.3 Å². The van der Waals surface area contributed by atoms with E-state index in [9.17, 15) is 9.90 Å². The molecule has 1 aromatic carbocycles. The van der Waals surface area contributed by atoms with E-state index in [1.54, 1.807) is 30.2 Å². The predicted molar refractivity (Wildman–Crippen MR) is 77.3 cm³/mol. The molecule has 0 saturated carbocycles. The lowest BCUT2D eigenvalue weighted by Gasteiger charge is -2.16. The van der Waals surface area contributed by atoms with Crippen LogP contribution < -0.4 is 19.5 Å². The normalized spacial score (nSPS) is 15.5. The van der Waals surface area contributed by atoms with Crippen molar-refractivity contribution in [1.29, 1.82) is 0 Å². The van der Waals surface area contributed by atoms with E-state index in [2.05, 4.69) is 0 Å². The van der Waals surface area contributed by atoms with Crippen molar-refractivity contribution >= 4 is 12.0 Å². The first-order chi connectivity index (χ1) is 10.2. The van der Waals surface area contributed by atoms with Crippen molar-refractivity contribution < 1.29 is 24.3 Å². The Bertz CT molecular complexity index is 507. The standard InChI is InChI=1S/C16H21NO4/c1-20-14-6-4-5-13(7-8-15(18)19)16(14)21-12-11-17-9-2-3-10-17/h4-8H,2-3,9-12H2,1H3,(H,18,19)/b8-7+. The van der Waals surface area contributed by atoms with E-state index in [0.717, 1.165) is 12.6 Å². The highest BCUT2D eigenvalue weighted by atomic mass is 16.5. The van der Waals surface area contributed by atoms with Gasteiger partial charge in [0.05, 0.1) is 26.2 Å². The number of carbonyl (C=O) groups is 1. The number of aliphatic carboxylic acids is 1. The minimum Gasteiger partial charge on any atom is -0.545 e. The number of nitrogens with one attached hydrogen (secondary N) is 1. The number of ether oxygens (including phenoxy) is 2. The quantitative estimate of drug-likeness (QED) is 0.689. The Morgan fingerprint density at radius 2 is 2.14 bits per heavy atom. The number of carboxylic acid groups (broad SMARTS) is 1. The highest BCUT2D eigenvalue weighted by Gasteiger charge is 2.16. The van der Waals surface area contributed by atoms with Gasteiger partial charge in [-0.05, 0) is 18.2 Å². The van der Waals surface area contributed by atoms with Gasteiger partial charge < -0.3 is 24.3 Å². The van der Waals surface area contributed by atoms with E-state index >= 15 is 0 Å². The Morgan fingerprint density at radius 3 is 2.81 bits per heavy atom. The Kier molecular flexibility index (Phi) is 5.63. The summed E-state index contributed by atoms with van der Waals surface area (Å²) in [6, 6.07) is 5.39. The Hall–Kier alpha value is -2.01. The molecule has 2 rings (SSSR count). The highest BCUT2D eigenvalue weighted by molar-refractivity contribution is 5.84. The molecule has 114 valence electrons. The second kappa shape index (κ2) is 7.69.